The van der Waals surface area contributed by atoms with E-state index in [1.807, 2.05) is 12.1 Å². The zero-order chi connectivity index (χ0) is 24.1. The number of Topliss-reactive ketones (excluding diaryl/α,β-unsaturated/α-hetero) is 1. The number of ketones is 2. The van der Waals surface area contributed by atoms with Crippen molar-refractivity contribution in [3.63, 3.8) is 0 Å². The van der Waals surface area contributed by atoms with Crippen LogP contribution >= 0.6 is 11.6 Å². The number of carbonyl (C=O) groups excluding carboxylic acids is 2. The molecule has 2 N–H and O–H groups in total. The second-order valence-electron chi connectivity index (χ2n) is 8.66. The van der Waals surface area contributed by atoms with Crippen LogP contribution in [-0.4, -0.2) is 36.5 Å². The third kappa shape index (κ3) is 3.51. The number of ether oxygens (including phenoxy) is 3. The molecule has 33 heavy (non-hydrogen) atoms. The van der Waals surface area contributed by atoms with E-state index in [9.17, 15) is 14.7 Å². The van der Waals surface area contributed by atoms with Gasteiger partial charge in [0.15, 0.2) is 5.75 Å². The number of phenolic OH excluding ortho intramolecular Hbond substituents is 1. The minimum atomic E-state index is -1.74. The number of benzene rings is 2. The summed E-state index contributed by atoms with van der Waals surface area (Å²) >= 11 is 6.42. The Balaban J connectivity index is 1.71. The molecule has 0 radical (unpaired) electrons. The number of aromatic hydroxyl groups is 1. The Labute approximate surface area is 197 Å². The van der Waals surface area contributed by atoms with Gasteiger partial charge in [0.25, 0.3) is 0 Å². The van der Waals surface area contributed by atoms with Crippen molar-refractivity contribution in [1.29, 1.82) is 0 Å². The number of halogens is 1. The number of hydrogen-bond acceptors (Lipinski definition) is 7. The first-order valence-corrected chi connectivity index (χ1v) is 11.0. The van der Waals surface area contributed by atoms with Crippen LogP contribution in [0, 0.1) is 5.92 Å². The highest BCUT2D eigenvalue weighted by atomic mass is 35.5. The molecule has 0 saturated heterocycles. The largest absolute Gasteiger partial charge is 0.506 e. The standard InChI is InChI=1S/C25H26ClNO6/c1-12(2)14-6-7-17(28)16(9-14)27-15-8-13(3)25(20(29)10-15)24(30)21-18(31-4)11-19(32-5)22(26)23(21)33-25/h6-7,9-13,27-28H,8H2,1-5H3/t13-,25+/m1/s1. The maximum Gasteiger partial charge on any atom is 0.236 e. The molecule has 1 aliphatic heterocycles. The molecular weight excluding hydrogens is 446 g/mol. The fraction of sp³-hybridized carbons (Fsp3) is 0.360. The molecule has 7 nitrogen and oxygen atoms in total. The SMILES string of the molecule is COc1cc(OC)c2c(c1Cl)O[C@@]1(C(=O)C=C(Nc3cc(C(C)C)ccc3O)C[C@H]1C)C2=O. The number of rotatable bonds is 5. The second kappa shape index (κ2) is 8.30. The average molecular weight is 472 g/mol. The summed E-state index contributed by atoms with van der Waals surface area (Å²) in [4.78, 5) is 26.9. The van der Waals surface area contributed by atoms with Gasteiger partial charge in [-0.25, -0.2) is 0 Å². The first-order chi connectivity index (χ1) is 15.6. The van der Waals surface area contributed by atoms with Gasteiger partial charge in [-0.05, 0) is 30.0 Å². The number of allylic oxidation sites excluding steroid dienone is 1. The van der Waals surface area contributed by atoms with Crippen molar-refractivity contribution < 1.29 is 28.9 Å². The van der Waals surface area contributed by atoms with Crippen LogP contribution in [0.15, 0.2) is 36.0 Å². The fourth-order valence-corrected chi connectivity index (χ4v) is 4.67. The number of methoxy groups -OCH3 is 2. The number of anilines is 1. The van der Waals surface area contributed by atoms with Gasteiger partial charge < -0.3 is 24.6 Å². The van der Waals surface area contributed by atoms with Crippen LogP contribution < -0.4 is 19.5 Å². The van der Waals surface area contributed by atoms with Crippen LogP contribution in [0.1, 0.15) is 49.0 Å². The minimum absolute atomic E-state index is 0.0740. The molecule has 4 rings (SSSR count). The van der Waals surface area contributed by atoms with Gasteiger partial charge in [-0.15, -0.1) is 0 Å². The minimum Gasteiger partial charge on any atom is -0.506 e. The molecule has 0 amide bonds. The van der Waals surface area contributed by atoms with Gasteiger partial charge in [0, 0.05) is 23.8 Å². The van der Waals surface area contributed by atoms with E-state index < -0.39 is 23.1 Å². The normalized spacial score (nSPS) is 21.7. The van der Waals surface area contributed by atoms with Crippen molar-refractivity contribution in [3.8, 4) is 23.0 Å². The molecule has 8 heteroatoms. The molecule has 2 aromatic carbocycles. The Kier molecular flexibility index (Phi) is 5.78. The van der Waals surface area contributed by atoms with Crippen LogP contribution in [0.3, 0.4) is 0 Å². The van der Waals surface area contributed by atoms with Crippen LogP contribution in [-0.2, 0) is 4.79 Å². The Morgan fingerprint density at radius 2 is 1.88 bits per heavy atom. The average Bonchev–Trinajstić information content (AvgIpc) is 3.09. The maximum atomic E-state index is 13.5. The van der Waals surface area contributed by atoms with Crippen LogP contribution in [0.5, 0.6) is 23.0 Å². The third-order valence-electron chi connectivity index (χ3n) is 6.29. The fourth-order valence-electron chi connectivity index (χ4n) is 4.40. The van der Waals surface area contributed by atoms with Gasteiger partial charge >= 0.3 is 0 Å². The summed E-state index contributed by atoms with van der Waals surface area (Å²) in [5, 5.41) is 13.6. The molecule has 1 aliphatic carbocycles. The van der Waals surface area contributed by atoms with Crippen molar-refractivity contribution >= 4 is 28.9 Å². The topological polar surface area (TPSA) is 94.1 Å². The number of hydrogen-bond donors (Lipinski definition) is 2. The summed E-state index contributed by atoms with van der Waals surface area (Å²) in [5.41, 5.74) is 0.522. The predicted molar refractivity (Wildman–Crippen MR) is 125 cm³/mol. The lowest BCUT2D eigenvalue weighted by atomic mass is 9.74. The first kappa shape index (κ1) is 23.0. The summed E-state index contributed by atoms with van der Waals surface area (Å²) in [6, 6.07) is 6.84. The quantitative estimate of drug-likeness (QED) is 0.462. The van der Waals surface area contributed by atoms with Gasteiger partial charge in [0.05, 0.1) is 19.9 Å². The molecular formula is C25H26ClNO6. The lowest BCUT2D eigenvalue weighted by Gasteiger charge is -2.35. The Hall–Kier alpha value is -3.19. The highest BCUT2D eigenvalue weighted by Gasteiger charge is 2.60. The van der Waals surface area contributed by atoms with Gasteiger partial charge in [-0.3, -0.25) is 9.59 Å². The van der Waals surface area contributed by atoms with E-state index in [4.69, 9.17) is 25.8 Å². The van der Waals surface area contributed by atoms with E-state index in [-0.39, 0.29) is 39.5 Å². The van der Waals surface area contributed by atoms with Gasteiger partial charge in [-0.2, -0.15) is 0 Å². The van der Waals surface area contributed by atoms with Crippen molar-refractivity contribution in [1.82, 2.24) is 0 Å². The highest BCUT2D eigenvalue weighted by molar-refractivity contribution is 6.36. The summed E-state index contributed by atoms with van der Waals surface area (Å²) < 4.78 is 16.7. The summed E-state index contributed by atoms with van der Waals surface area (Å²) in [7, 11) is 2.87. The Morgan fingerprint density at radius 1 is 1.18 bits per heavy atom. The van der Waals surface area contributed by atoms with Crippen molar-refractivity contribution in [2.24, 2.45) is 5.92 Å². The molecule has 0 unspecified atom stereocenters. The molecule has 2 atom stereocenters. The number of carbonyl (C=O) groups is 2. The van der Waals surface area contributed by atoms with Crippen LogP contribution in [0.2, 0.25) is 5.02 Å². The first-order valence-electron chi connectivity index (χ1n) is 10.7. The lowest BCUT2D eigenvalue weighted by Crippen LogP contribution is -2.55. The van der Waals surface area contributed by atoms with E-state index in [1.165, 1.54) is 26.4 Å². The van der Waals surface area contributed by atoms with Crippen LogP contribution in [0.4, 0.5) is 5.69 Å². The molecule has 0 aromatic heterocycles. The molecule has 174 valence electrons. The van der Waals surface area contributed by atoms with Gasteiger partial charge in [0.2, 0.25) is 17.2 Å². The Morgan fingerprint density at radius 3 is 2.48 bits per heavy atom. The number of fused-ring (bicyclic) bond motifs is 1. The van der Waals surface area contributed by atoms with E-state index >= 15 is 0 Å². The number of nitrogens with one attached hydrogen (secondary N) is 1. The van der Waals surface area contributed by atoms with Crippen molar-refractivity contribution in [3.05, 3.63) is 52.2 Å². The lowest BCUT2D eigenvalue weighted by molar-refractivity contribution is -0.129. The molecule has 0 fully saturated rings. The monoisotopic (exact) mass is 471 g/mol. The predicted octanol–water partition coefficient (Wildman–Crippen LogP) is 5.11. The summed E-state index contributed by atoms with van der Waals surface area (Å²) in [5.74, 6) is -0.550. The van der Waals surface area contributed by atoms with E-state index in [0.29, 0.717) is 17.8 Å². The van der Waals surface area contributed by atoms with E-state index in [2.05, 4.69) is 19.2 Å². The maximum absolute atomic E-state index is 13.5. The smallest absolute Gasteiger partial charge is 0.236 e. The third-order valence-corrected chi connectivity index (χ3v) is 6.65. The van der Waals surface area contributed by atoms with E-state index in [0.717, 1.165) is 5.56 Å². The van der Waals surface area contributed by atoms with E-state index in [1.54, 1.807) is 13.0 Å². The van der Waals surface area contributed by atoms with Gasteiger partial charge in [-0.1, -0.05) is 38.4 Å². The van der Waals surface area contributed by atoms with Crippen molar-refractivity contribution in [2.75, 3.05) is 19.5 Å². The van der Waals surface area contributed by atoms with Gasteiger partial charge in [0.1, 0.15) is 27.8 Å². The number of phenols is 1. The molecule has 0 saturated carbocycles. The summed E-state index contributed by atoms with van der Waals surface area (Å²) in [6.45, 7) is 5.89. The zero-order valence-corrected chi connectivity index (χ0v) is 19.9. The molecule has 0 bridgehead atoms. The highest BCUT2D eigenvalue weighted by Crippen LogP contribution is 2.53. The van der Waals surface area contributed by atoms with Crippen molar-refractivity contribution in [2.45, 2.75) is 38.7 Å². The molecule has 1 heterocycles. The molecule has 2 aliphatic rings. The Bertz CT molecular complexity index is 1190. The molecule has 2 aromatic rings. The molecule has 1 spiro atoms. The van der Waals surface area contributed by atoms with Crippen LogP contribution in [0.25, 0.3) is 0 Å². The zero-order valence-electron chi connectivity index (χ0n) is 19.1. The summed E-state index contributed by atoms with van der Waals surface area (Å²) in [6.07, 6.45) is 1.71. The second-order valence-corrected chi connectivity index (χ2v) is 9.04.